The lowest BCUT2D eigenvalue weighted by Gasteiger charge is -2.37. The third kappa shape index (κ3) is 5.89. The van der Waals surface area contributed by atoms with Gasteiger partial charge in [-0.25, -0.2) is 4.39 Å². The maximum atomic E-state index is 14.6. The predicted molar refractivity (Wildman–Crippen MR) is 177 cm³/mol. The van der Waals surface area contributed by atoms with Gasteiger partial charge >= 0.3 is 6.01 Å². The molecule has 3 N–H and O–H groups in total. The van der Waals surface area contributed by atoms with Gasteiger partial charge in [0, 0.05) is 62.1 Å². The number of ether oxygens (including phenoxy) is 3. The second-order valence-corrected chi connectivity index (χ2v) is 14.6. The molecule has 1 aromatic carbocycles. The van der Waals surface area contributed by atoms with Gasteiger partial charge in [-0.2, -0.15) is 9.97 Å². The Morgan fingerprint density at radius 2 is 2.04 bits per heavy atom. The van der Waals surface area contributed by atoms with Crippen LogP contribution in [-0.2, 0) is 39.3 Å². The van der Waals surface area contributed by atoms with Crippen LogP contribution in [0.15, 0.2) is 30.0 Å². The Labute approximate surface area is 285 Å². The molecule has 13 heteroatoms. The molecule has 5 aliphatic heterocycles. The lowest BCUT2D eigenvalue weighted by Crippen LogP contribution is -2.82. The highest BCUT2D eigenvalue weighted by atomic mass is 35.5. The van der Waals surface area contributed by atoms with Crippen LogP contribution in [-0.4, -0.2) is 109 Å². The van der Waals surface area contributed by atoms with Crippen molar-refractivity contribution in [2.75, 3.05) is 70.5 Å². The normalized spacial score (nSPS) is 29.5. The van der Waals surface area contributed by atoms with E-state index < -0.39 is 11.8 Å². The third-order valence-corrected chi connectivity index (χ3v) is 11.5. The number of benzene rings is 1. The quantitative estimate of drug-likeness (QED) is 0.447. The highest BCUT2D eigenvalue weighted by Gasteiger charge is 2.50. The number of halogens is 2. The number of alkyl halides is 1. The highest BCUT2D eigenvalue weighted by molar-refractivity contribution is 6.42. The van der Waals surface area contributed by atoms with Crippen LogP contribution < -0.4 is 15.0 Å². The number of nitrogens with zero attached hydrogens (tertiary/aromatic N) is 5. The molecule has 0 bridgehead atoms. The van der Waals surface area contributed by atoms with E-state index in [1.165, 1.54) is 0 Å². The first kappa shape index (κ1) is 32.1. The third-order valence-electron chi connectivity index (χ3n) is 11.2. The summed E-state index contributed by atoms with van der Waals surface area (Å²) in [5.74, 6) is 0.487. The zero-order valence-electron chi connectivity index (χ0n) is 27.3. The van der Waals surface area contributed by atoms with Gasteiger partial charge < -0.3 is 29.3 Å². The van der Waals surface area contributed by atoms with E-state index in [-0.39, 0.29) is 17.2 Å². The van der Waals surface area contributed by atoms with Crippen molar-refractivity contribution in [3.63, 3.8) is 0 Å². The van der Waals surface area contributed by atoms with Gasteiger partial charge in [0.2, 0.25) is 0 Å². The van der Waals surface area contributed by atoms with Gasteiger partial charge in [-0.3, -0.25) is 15.1 Å². The van der Waals surface area contributed by atoms with Crippen molar-refractivity contribution >= 4 is 29.0 Å². The lowest BCUT2D eigenvalue weighted by atomic mass is 9.87. The predicted octanol–water partition coefficient (Wildman–Crippen LogP) is 2.54. The average molecular weight is 681 g/mol. The fourth-order valence-corrected chi connectivity index (χ4v) is 9.00. The molecule has 1 aromatic heterocycles. The summed E-state index contributed by atoms with van der Waals surface area (Å²) in [4.78, 5) is 29.3. The van der Waals surface area contributed by atoms with Crippen molar-refractivity contribution in [2.24, 2.45) is 0 Å². The molecule has 4 fully saturated rings. The summed E-state index contributed by atoms with van der Waals surface area (Å²) in [7, 11) is 0. The van der Waals surface area contributed by atoms with Gasteiger partial charge in [-0.05, 0) is 49.4 Å². The number of amides is 1. The highest BCUT2D eigenvalue weighted by Crippen LogP contribution is 2.49. The largest absolute Gasteiger partial charge is 0.461 e. The zero-order chi connectivity index (χ0) is 32.9. The van der Waals surface area contributed by atoms with Crippen molar-refractivity contribution in [2.45, 2.75) is 68.9 Å². The summed E-state index contributed by atoms with van der Waals surface area (Å²) in [6.45, 7) is 6.11. The van der Waals surface area contributed by atoms with Crippen molar-refractivity contribution in [3.05, 3.63) is 57.4 Å². The zero-order valence-corrected chi connectivity index (χ0v) is 28.1. The van der Waals surface area contributed by atoms with Crippen LogP contribution in [0.4, 0.5) is 10.2 Å². The Morgan fingerprint density at radius 1 is 1.17 bits per heavy atom. The maximum Gasteiger partial charge on any atom is 0.318 e. The van der Waals surface area contributed by atoms with Crippen LogP contribution in [0.2, 0.25) is 5.02 Å². The average Bonchev–Trinajstić information content (AvgIpc) is 3.68. The van der Waals surface area contributed by atoms with Crippen LogP contribution in [0.1, 0.15) is 54.5 Å². The maximum absolute atomic E-state index is 14.6. The molecular weight excluding hydrogens is 637 g/mol. The number of fused-ring (bicyclic) bond motifs is 4. The van der Waals surface area contributed by atoms with Crippen LogP contribution in [0.25, 0.3) is 0 Å². The summed E-state index contributed by atoms with van der Waals surface area (Å²) >= 11 is 6.62. The number of hydrogen-bond acceptors (Lipinski definition) is 9. The second-order valence-electron chi connectivity index (χ2n) is 14.2. The van der Waals surface area contributed by atoms with Gasteiger partial charge in [-0.15, -0.1) is 0 Å². The summed E-state index contributed by atoms with van der Waals surface area (Å²) in [5, 5.41) is 11.5. The van der Waals surface area contributed by atoms with Crippen molar-refractivity contribution in [3.8, 4) is 6.01 Å². The first-order valence-corrected chi connectivity index (χ1v) is 17.8. The Hall–Kier alpha value is -3.16. The molecule has 0 saturated carbocycles. The number of anilines is 1. The number of nitrogens with two attached hydrogens (primary N) is 1. The number of morpholine rings is 1. The minimum Gasteiger partial charge on any atom is -0.461 e. The molecular formula is C35H44ClFN7O4+. The molecule has 6 aliphatic rings. The fraction of sp³-hybridized carbons (Fsp3) is 0.600. The first-order chi connectivity index (χ1) is 23.3. The van der Waals surface area contributed by atoms with Crippen LogP contribution >= 0.6 is 11.6 Å². The van der Waals surface area contributed by atoms with E-state index in [2.05, 4.69) is 21.2 Å². The number of quaternary nitrogens is 1. The Bertz CT molecular complexity index is 1640. The molecule has 6 heterocycles. The van der Waals surface area contributed by atoms with Crippen molar-refractivity contribution < 1.29 is 28.7 Å². The van der Waals surface area contributed by atoms with Gasteiger partial charge in [0.15, 0.2) is 0 Å². The Morgan fingerprint density at radius 3 is 2.92 bits per heavy atom. The van der Waals surface area contributed by atoms with E-state index in [0.717, 1.165) is 90.7 Å². The smallest absolute Gasteiger partial charge is 0.318 e. The van der Waals surface area contributed by atoms with Crippen LogP contribution in [0, 0.1) is 5.41 Å². The van der Waals surface area contributed by atoms with E-state index in [9.17, 15) is 9.18 Å². The molecule has 0 unspecified atom stereocenters. The number of carbonyl (C=O) groups excluding carboxylic acids is 1. The number of carbonyl (C=O) groups is 1. The van der Waals surface area contributed by atoms with E-state index in [4.69, 9.17) is 41.2 Å². The number of aromatic nitrogens is 2. The summed E-state index contributed by atoms with van der Waals surface area (Å²) in [5.41, 5.74) is 4.16. The second kappa shape index (κ2) is 12.9. The van der Waals surface area contributed by atoms with Crippen LogP contribution in [0.3, 0.4) is 0 Å². The molecule has 11 nitrogen and oxygen atoms in total. The van der Waals surface area contributed by atoms with Crippen molar-refractivity contribution in [1.82, 2.24) is 19.8 Å². The number of nitrogens with one attached hydrogen (secondary N) is 1. The van der Waals surface area contributed by atoms with E-state index in [0.29, 0.717) is 71.5 Å². The van der Waals surface area contributed by atoms with E-state index in [1.807, 2.05) is 12.1 Å². The van der Waals surface area contributed by atoms with Gasteiger partial charge in [0.1, 0.15) is 30.0 Å². The van der Waals surface area contributed by atoms with E-state index in [1.54, 1.807) is 11.0 Å². The summed E-state index contributed by atoms with van der Waals surface area (Å²) in [6.07, 6.45) is 6.42. The molecule has 8 rings (SSSR count). The summed E-state index contributed by atoms with van der Waals surface area (Å²) in [6, 6.07) is 6.36. The molecule has 0 radical (unpaired) electrons. The first-order valence-electron chi connectivity index (χ1n) is 17.4. The van der Waals surface area contributed by atoms with Crippen molar-refractivity contribution in [1.29, 1.82) is 5.41 Å². The van der Waals surface area contributed by atoms with Gasteiger partial charge in [0.25, 0.3) is 5.91 Å². The Kier molecular flexibility index (Phi) is 8.65. The van der Waals surface area contributed by atoms with Gasteiger partial charge in [0.05, 0.1) is 49.7 Å². The molecule has 3 atom stereocenters. The molecule has 48 heavy (non-hydrogen) atoms. The molecule has 256 valence electrons. The Balaban J connectivity index is 1.11. The topological polar surface area (TPSA) is 121 Å². The summed E-state index contributed by atoms with van der Waals surface area (Å²) < 4.78 is 33.2. The standard InChI is InChI=1S/C35H43ClFN7O4/c36-28-5-1-4-27-25(28)6-8-35(27)18-30-26(21-48-35)31(41-33(40-30)47-22-34-7-2-11-44(34)19-23(37)17-34)43-10-3-9-39-24(20-43)16-29(38)32(45)42-12-14-46-15-13-42/h1,4-5,16,23,38-39H,2-3,6-15,17-22H2/p+1/b24-16-,38-29?/t23-,34+,35+/m1/s1. The van der Waals surface area contributed by atoms with Crippen LogP contribution in [0.5, 0.6) is 6.01 Å². The lowest BCUT2D eigenvalue weighted by molar-refractivity contribution is -0.604. The molecule has 1 amide bonds. The number of rotatable bonds is 6. The molecule has 1 aliphatic carbocycles. The monoisotopic (exact) mass is 680 g/mol. The number of hydrogen-bond donors (Lipinski definition) is 2. The SMILES string of the molecule is N=C(/C=C1/CN(c2nc(OC[C@@]34CCCN3C[C@H](F)C4)nc3c2CO[C@@]2(CCc4c(Cl)cccc42)C3)CCC[NH2+]1)C(=O)N1CCOCC1. The van der Waals surface area contributed by atoms with Gasteiger partial charge in [-0.1, -0.05) is 23.7 Å². The molecule has 4 saturated heterocycles. The van der Waals surface area contributed by atoms with E-state index >= 15 is 0 Å². The minimum atomic E-state index is -0.840. The fourth-order valence-electron chi connectivity index (χ4n) is 8.73. The molecule has 1 spiro atoms. The molecule has 2 aromatic rings. The minimum absolute atomic E-state index is 0.0225.